The van der Waals surface area contributed by atoms with Crippen LogP contribution in [0.15, 0.2) is 102 Å². The molecule has 2 saturated heterocycles. The lowest BCUT2D eigenvalue weighted by Crippen LogP contribution is -2.70. The Hall–Kier alpha value is -5.03. The van der Waals surface area contributed by atoms with Crippen molar-refractivity contribution < 1.29 is 33.4 Å². The van der Waals surface area contributed by atoms with Gasteiger partial charge in [0.15, 0.2) is 6.10 Å². The summed E-state index contributed by atoms with van der Waals surface area (Å²) in [6, 6.07) is 25.1. The second-order valence-corrected chi connectivity index (χ2v) is 13.6. The summed E-state index contributed by atoms with van der Waals surface area (Å²) in [6.07, 6.45) is -1.10. The first-order chi connectivity index (χ1) is 23.1. The van der Waals surface area contributed by atoms with E-state index >= 15 is 0 Å². The number of para-hydroxylation sites is 1. The monoisotopic (exact) mass is 667 g/mol. The zero-order valence-corrected chi connectivity index (χ0v) is 28.0. The van der Waals surface area contributed by atoms with Gasteiger partial charge in [0, 0.05) is 34.6 Å². The third-order valence-corrected chi connectivity index (χ3v) is 9.46. The maximum atomic E-state index is 14.7. The Balaban J connectivity index is 1.48. The molecule has 2 atom stereocenters. The molecule has 2 N–H and O–H groups in total. The molecule has 3 heterocycles. The van der Waals surface area contributed by atoms with Crippen molar-refractivity contribution in [3.8, 4) is 5.75 Å². The summed E-state index contributed by atoms with van der Waals surface area (Å²) in [5, 5.41) is 4.96. The Kier molecular flexibility index (Phi) is 9.32. The van der Waals surface area contributed by atoms with Crippen molar-refractivity contribution in [2.45, 2.75) is 50.3 Å². The number of ether oxygens (including phenoxy) is 3. The van der Waals surface area contributed by atoms with E-state index in [0.717, 1.165) is 11.1 Å². The van der Waals surface area contributed by atoms with Gasteiger partial charge in [-0.25, -0.2) is 9.59 Å². The summed E-state index contributed by atoms with van der Waals surface area (Å²) in [4.78, 5) is 55.9. The lowest BCUT2D eigenvalue weighted by atomic mass is 9.89. The van der Waals surface area contributed by atoms with E-state index in [1.165, 1.54) is 16.7 Å². The van der Waals surface area contributed by atoms with Crippen LogP contribution in [0.25, 0.3) is 5.57 Å². The average Bonchev–Trinajstić information content (AvgIpc) is 3.51. The van der Waals surface area contributed by atoms with E-state index in [1.807, 2.05) is 78.9 Å². The highest BCUT2D eigenvalue weighted by Crippen LogP contribution is 2.47. The molecule has 3 aromatic carbocycles. The SMILES string of the molecule is COc1ccccc1C(=C1CCNC1=O)C1=C(C(=O)OC(c2ccccc2)c2ccccc2)N2C(=O)[C@@H](NC(=O)OC(C)(C)C)[C@H]2SC1. The summed E-state index contributed by atoms with van der Waals surface area (Å²) in [6.45, 7) is 5.65. The summed E-state index contributed by atoms with van der Waals surface area (Å²) < 4.78 is 17.5. The fourth-order valence-corrected chi connectivity index (χ4v) is 7.45. The van der Waals surface area contributed by atoms with Crippen molar-refractivity contribution in [2.24, 2.45) is 0 Å². The number of fused-ring (bicyclic) bond motifs is 1. The van der Waals surface area contributed by atoms with Gasteiger partial charge in [0.1, 0.15) is 28.5 Å². The molecule has 0 bridgehead atoms. The first kappa shape index (κ1) is 32.9. The molecule has 48 heavy (non-hydrogen) atoms. The first-order valence-corrected chi connectivity index (χ1v) is 16.8. The third-order valence-electron chi connectivity index (χ3n) is 8.18. The van der Waals surface area contributed by atoms with E-state index in [-0.39, 0.29) is 17.4 Å². The number of hydrogen-bond acceptors (Lipinski definition) is 8. The summed E-state index contributed by atoms with van der Waals surface area (Å²) in [7, 11) is 1.54. The normalized spacial score (nSPS) is 20.1. The van der Waals surface area contributed by atoms with Crippen molar-refractivity contribution >= 4 is 41.2 Å². The van der Waals surface area contributed by atoms with Crippen LogP contribution in [0.4, 0.5) is 4.79 Å². The lowest BCUT2D eigenvalue weighted by molar-refractivity contribution is -0.153. The maximum Gasteiger partial charge on any atom is 0.408 e. The van der Waals surface area contributed by atoms with Gasteiger partial charge >= 0.3 is 12.1 Å². The van der Waals surface area contributed by atoms with Crippen LogP contribution in [-0.2, 0) is 23.9 Å². The number of carbonyl (C=O) groups excluding carboxylic acids is 4. The number of methoxy groups -OCH3 is 1. The zero-order valence-electron chi connectivity index (χ0n) is 27.1. The van der Waals surface area contributed by atoms with Gasteiger partial charge in [0.2, 0.25) is 5.91 Å². The number of benzene rings is 3. The standard InChI is InChI=1S/C37H37N3O7S/c1-37(2,3)47-36(44)39-29-33(42)40-30(35(43)46-31(22-13-7-5-8-14-22)23-15-9-6-10-16-23)26(21-48-34(29)40)28(25-19-20-38-32(25)41)24-17-11-12-18-27(24)45-4/h5-18,29,31,34H,19-21H2,1-4H3,(H,38,41)(H,39,44)/t29-,34-/m1/s1. The summed E-state index contributed by atoms with van der Waals surface area (Å²) in [5.74, 6) is -0.717. The van der Waals surface area contributed by atoms with Crippen molar-refractivity contribution in [3.63, 3.8) is 0 Å². The molecule has 0 unspecified atom stereocenters. The smallest absolute Gasteiger partial charge is 0.408 e. The second-order valence-electron chi connectivity index (χ2n) is 12.5. The molecule has 3 aromatic rings. The van der Waals surface area contributed by atoms with E-state index in [1.54, 1.807) is 33.9 Å². The Morgan fingerprint density at radius 2 is 1.56 bits per heavy atom. The molecular weight excluding hydrogens is 630 g/mol. The number of hydrogen-bond donors (Lipinski definition) is 2. The number of allylic oxidation sites excluding steroid dienone is 1. The minimum atomic E-state index is -0.926. The molecule has 11 heteroatoms. The minimum absolute atomic E-state index is 0.0240. The van der Waals surface area contributed by atoms with Crippen LogP contribution in [-0.4, -0.2) is 65.2 Å². The van der Waals surface area contributed by atoms with Gasteiger partial charge in [-0.15, -0.1) is 11.8 Å². The van der Waals surface area contributed by atoms with Crippen LogP contribution in [0, 0.1) is 0 Å². The number of rotatable bonds is 8. The van der Waals surface area contributed by atoms with Crippen molar-refractivity contribution in [2.75, 3.05) is 19.4 Å². The molecule has 3 amide bonds. The predicted molar refractivity (Wildman–Crippen MR) is 182 cm³/mol. The van der Waals surface area contributed by atoms with Crippen LogP contribution in [0.5, 0.6) is 5.75 Å². The zero-order chi connectivity index (χ0) is 34.0. The van der Waals surface area contributed by atoms with Crippen molar-refractivity contribution in [1.29, 1.82) is 0 Å². The molecule has 0 spiro atoms. The molecule has 0 radical (unpaired) electrons. The fourth-order valence-electron chi connectivity index (χ4n) is 6.10. The van der Waals surface area contributed by atoms with Gasteiger partial charge < -0.3 is 24.8 Å². The van der Waals surface area contributed by atoms with Crippen LogP contribution < -0.4 is 15.4 Å². The molecule has 0 aromatic heterocycles. The van der Waals surface area contributed by atoms with Crippen molar-refractivity contribution in [1.82, 2.24) is 15.5 Å². The van der Waals surface area contributed by atoms with Gasteiger partial charge in [0.25, 0.3) is 5.91 Å². The van der Waals surface area contributed by atoms with E-state index in [2.05, 4.69) is 10.6 Å². The molecule has 3 aliphatic rings. The van der Waals surface area contributed by atoms with Gasteiger partial charge in [-0.3, -0.25) is 14.5 Å². The number of nitrogens with zero attached hydrogens (tertiary/aromatic N) is 1. The summed E-state index contributed by atoms with van der Waals surface area (Å²) >= 11 is 1.38. The summed E-state index contributed by atoms with van der Waals surface area (Å²) in [5.41, 5.74) is 2.85. The van der Waals surface area contributed by atoms with Gasteiger partial charge in [-0.2, -0.15) is 0 Å². The minimum Gasteiger partial charge on any atom is -0.496 e. The number of amides is 3. The van der Waals surface area contributed by atoms with Crippen LogP contribution in [0.3, 0.4) is 0 Å². The average molecular weight is 668 g/mol. The number of thioether (sulfide) groups is 1. The molecule has 6 rings (SSSR count). The molecule has 2 fully saturated rings. The molecule has 0 aliphatic carbocycles. The lowest BCUT2D eigenvalue weighted by Gasteiger charge is -2.50. The maximum absolute atomic E-state index is 14.7. The molecule has 0 saturated carbocycles. The fraction of sp³-hybridized carbons (Fsp3) is 0.297. The Morgan fingerprint density at radius 3 is 2.15 bits per heavy atom. The third kappa shape index (κ3) is 6.55. The highest BCUT2D eigenvalue weighted by atomic mass is 32.2. The Morgan fingerprint density at radius 1 is 0.938 bits per heavy atom. The largest absolute Gasteiger partial charge is 0.496 e. The highest BCUT2D eigenvalue weighted by Gasteiger charge is 2.55. The predicted octanol–water partition coefficient (Wildman–Crippen LogP) is 5.36. The number of nitrogens with one attached hydrogen (secondary N) is 2. The molecule has 3 aliphatic heterocycles. The number of carbonyl (C=O) groups is 4. The molecule has 10 nitrogen and oxygen atoms in total. The molecular formula is C37H37N3O7S. The van der Waals surface area contributed by atoms with Crippen molar-refractivity contribution in [3.05, 3.63) is 118 Å². The van der Waals surface area contributed by atoms with E-state index in [9.17, 15) is 19.2 Å². The topological polar surface area (TPSA) is 123 Å². The van der Waals surface area contributed by atoms with Gasteiger partial charge in [0.05, 0.1) is 7.11 Å². The van der Waals surface area contributed by atoms with Crippen LogP contribution in [0.1, 0.15) is 50.0 Å². The Labute approximate surface area is 283 Å². The highest BCUT2D eigenvalue weighted by molar-refractivity contribution is 8.00. The van der Waals surface area contributed by atoms with E-state index in [0.29, 0.717) is 41.0 Å². The van der Waals surface area contributed by atoms with Gasteiger partial charge in [-0.1, -0.05) is 78.9 Å². The second kappa shape index (κ2) is 13.6. The number of β-lactam (4-membered cyclic amide) rings is 1. The van der Waals surface area contributed by atoms with Crippen LogP contribution >= 0.6 is 11.8 Å². The first-order valence-electron chi connectivity index (χ1n) is 15.7. The number of alkyl carbamates (subject to hydrolysis) is 1. The quantitative estimate of drug-likeness (QED) is 0.187. The van der Waals surface area contributed by atoms with E-state index in [4.69, 9.17) is 14.2 Å². The van der Waals surface area contributed by atoms with E-state index < -0.39 is 41.1 Å². The van der Waals surface area contributed by atoms with Crippen LogP contribution in [0.2, 0.25) is 0 Å². The number of esters is 1. The Bertz CT molecular complexity index is 1760. The van der Waals surface area contributed by atoms with Gasteiger partial charge in [-0.05, 0) is 44.4 Å². The molecule has 248 valence electrons.